The number of Topliss-reactive ketones (excluding diaryl/α,β-unsaturated/α-hetero) is 1. The van der Waals surface area contributed by atoms with E-state index < -0.39 is 11.4 Å². The molecule has 1 saturated carbocycles. The van der Waals surface area contributed by atoms with Gasteiger partial charge in [-0.2, -0.15) is 0 Å². The van der Waals surface area contributed by atoms with Crippen LogP contribution in [0.2, 0.25) is 0 Å². The Kier molecular flexibility index (Phi) is 1.70. The molecule has 0 radical (unpaired) electrons. The summed E-state index contributed by atoms with van der Waals surface area (Å²) in [4.78, 5) is 25.9. The van der Waals surface area contributed by atoms with Crippen LogP contribution in [-0.2, 0) is 22.1 Å². The van der Waals surface area contributed by atoms with Crippen molar-refractivity contribution in [2.75, 3.05) is 0 Å². The van der Waals surface area contributed by atoms with Gasteiger partial charge in [0.25, 0.3) is 0 Å². The van der Waals surface area contributed by atoms with Gasteiger partial charge in [-0.1, -0.05) is 0 Å². The highest BCUT2D eigenvalue weighted by molar-refractivity contribution is 6.01. The summed E-state index contributed by atoms with van der Waals surface area (Å²) < 4.78 is 1.65. The van der Waals surface area contributed by atoms with Crippen molar-refractivity contribution in [3.8, 4) is 0 Å². The molecule has 1 fully saturated rings. The monoisotopic (exact) mass is 194 g/mol. The summed E-state index contributed by atoms with van der Waals surface area (Å²) in [6.45, 7) is 0. The molecular weight excluding hydrogens is 184 g/mol. The number of hydrogen-bond donors (Lipinski definition) is 1. The van der Waals surface area contributed by atoms with Gasteiger partial charge in [0.15, 0.2) is 0 Å². The third kappa shape index (κ3) is 0.982. The summed E-state index contributed by atoms with van der Waals surface area (Å²) in [5, 5.41) is 9.10. The lowest BCUT2D eigenvalue weighted by Crippen LogP contribution is -2.49. The number of carbonyl (C=O) groups excluding carboxylic acids is 1. The van der Waals surface area contributed by atoms with Gasteiger partial charge in [0.2, 0.25) is 0 Å². The molecule has 0 spiro atoms. The largest absolute Gasteiger partial charge is 0.481 e. The van der Waals surface area contributed by atoms with E-state index in [0.29, 0.717) is 5.69 Å². The number of aryl methyl sites for hydroxylation is 1. The van der Waals surface area contributed by atoms with Crippen LogP contribution in [0.15, 0.2) is 12.5 Å². The van der Waals surface area contributed by atoms with E-state index in [1.54, 1.807) is 17.9 Å². The van der Waals surface area contributed by atoms with Gasteiger partial charge >= 0.3 is 5.97 Å². The molecule has 0 amide bonds. The van der Waals surface area contributed by atoms with Crippen molar-refractivity contribution in [2.24, 2.45) is 7.05 Å². The fourth-order valence-electron chi connectivity index (χ4n) is 1.88. The predicted molar refractivity (Wildman–Crippen MR) is 46.8 cm³/mol. The molecule has 5 heteroatoms. The summed E-state index contributed by atoms with van der Waals surface area (Å²) >= 11 is 0. The van der Waals surface area contributed by atoms with E-state index in [2.05, 4.69) is 4.98 Å². The van der Waals surface area contributed by atoms with Crippen molar-refractivity contribution >= 4 is 11.8 Å². The zero-order valence-electron chi connectivity index (χ0n) is 7.73. The van der Waals surface area contributed by atoms with Crippen LogP contribution in [0.4, 0.5) is 0 Å². The maximum atomic E-state index is 11.1. The van der Waals surface area contributed by atoms with Gasteiger partial charge < -0.3 is 9.67 Å². The molecule has 0 aromatic carbocycles. The lowest BCUT2D eigenvalue weighted by atomic mass is 9.66. The fourth-order valence-corrected chi connectivity index (χ4v) is 1.88. The first-order valence-electron chi connectivity index (χ1n) is 4.28. The first-order chi connectivity index (χ1) is 6.56. The molecule has 2 rings (SSSR count). The number of nitrogens with zero attached hydrogens (tertiary/aromatic N) is 2. The standard InChI is InChI=1S/C9H10N2O3/c1-11-5-10-4-7(11)9(8(13)14)2-6(12)3-9/h4-5H,2-3H2,1H3,(H,13,14). The molecule has 1 aliphatic carbocycles. The molecule has 1 aliphatic rings. The summed E-state index contributed by atoms with van der Waals surface area (Å²) in [7, 11) is 1.73. The number of imidazole rings is 1. The van der Waals surface area contributed by atoms with Crippen LogP contribution in [0.3, 0.4) is 0 Å². The summed E-state index contributed by atoms with van der Waals surface area (Å²) in [6, 6.07) is 0. The number of aliphatic carboxylic acids is 1. The highest BCUT2D eigenvalue weighted by Gasteiger charge is 2.53. The minimum absolute atomic E-state index is 0.00593. The Labute approximate surface area is 80.4 Å². The highest BCUT2D eigenvalue weighted by Crippen LogP contribution is 2.41. The number of ketones is 1. The van der Waals surface area contributed by atoms with E-state index in [1.165, 1.54) is 6.20 Å². The predicted octanol–water partition coefficient (Wildman–Crippen LogP) is 0.105. The second-order valence-corrected chi connectivity index (χ2v) is 3.67. The smallest absolute Gasteiger partial charge is 0.316 e. The molecule has 0 aliphatic heterocycles. The minimum Gasteiger partial charge on any atom is -0.481 e. The Morgan fingerprint density at radius 1 is 1.64 bits per heavy atom. The number of aromatic nitrogens is 2. The van der Waals surface area contributed by atoms with Crippen LogP contribution in [0.1, 0.15) is 18.5 Å². The van der Waals surface area contributed by atoms with E-state index in [9.17, 15) is 9.59 Å². The molecule has 1 aromatic rings. The Hall–Kier alpha value is -1.65. The maximum absolute atomic E-state index is 11.1. The van der Waals surface area contributed by atoms with Gasteiger partial charge in [0, 0.05) is 26.1 Å². The van der Waals surface area contributed by atoms with Gasteiger partial charge in [0.05, 0.1) is 12.0 Å². The van der Waals surface area contributed by atoms with E-state index in [4.69, 9.17) is 5.11 Å². The van der Waals surface area contributed by atoms with Crippen molar-refractivity contribution in [1.29, 1.82) is 0 Å². The molecular formula is C9H10N2O3. The average molecular weight is 194 g/mol. The quantitative estimate of drug-likeness (QED) is 0.725. The molecule has 1 aromatic heterocycles. The topological polar surface area (TPSA) is 72.2 Å². The molecule has 14 heavy (non-hydrogen) atoms. The summed E-state index contributed by atoms with van der Waals surface area (Å²) in [6.07, 6.45) is 3.23. The van der Waals surface area contributed by atoms with Gasteiger partial charge in [-0.05, 0) is 0 Å². The zero-order valence-corrected chi connectivity index (χ0v) is 7.73. The average Bonchev–Trinajstić information content (AvgIpc) is 2.45. The SMILES string of the molecule is Cn1cncc1C1(C(=O)O)CC(=O)C1. The molecule has 74 valence electrons. The second-order valence-electron chi connectivity index (χ2n) is 3.67. The van der Waals surface area contributed by atoms with Crippen LogP contribution in [-0.4, -0.2) is 26.4 Å². The zero-order chi connectivity index (χ0) is 10.3. The van der Waals surface area contributed by atoms with Crippen molar-refractivity contribution in [3.05, 3.63) is 18.2 Å². The molecule has 0 atom stereocenters. The number of rotatable bonds is 2. The third-order valence-electron chi connectivity index (χ3n) is 2.71. The molecule has 1 N–H and O–H groups in total. The van der Waals surface area contributed by atoms with E-state index in [0.717, 1.165) is 0 Å². The van der Waals surface area contributed by atoms with E-state index in [1.807, 2.05) is 0 Å². The molecule has 0 bridgehead atoms. The van der Waals surface area contributed by atoms with Gasteiger partial charge in [0.1, 0.15) is 11.2 Å². The van der Waals surface area contributed by atoms with Crippen LogP contribution in [0.25, 0.3) is 0 Å². The number of carbonyl (C=O) groups is 2. The van der Waals surface area contributed by atoms with Crippen molar-refractivity contribution in [2.45, 2.75) is 18.3 Å². The molecule has 0 unspecified atom stereocenters. The minimum atomic E-state index is -1.03. The normalized spacial score (nSPS) is 19.1. The van der Waals surface area contributed by atoms with Crippen molar-refractivity contribution < 1.29 is 14.7 Å². The Bertz CT molecular complexity index is 400. The van der Waals surface area contributed by atoms with Gasteiger partial charge in [-0.15, -0.1) is 0 Å². The first kappa shape index (κ1) is 8.93. The molecule has 5 nitrogen and oxygen atoms in total. The number of hydrogen-bond acceptors (Lipinski definition) is 3. The lowest BCUT2D eigenvalue weighted by Gasteiger charge is -2.35. The maximum Gasteiger partial charge on any atom is 0.316 e. The van der Waals surface area contributed by atoms with Gasteiger partial charge in [-0.3, -0.25) is 9.59 Å². The molecule has 0 saturated heterocycles. The number of carboxylic acids is 1. The first-order valence-corrected chi connectivity index (χ1v) is 4.28. The van der Waals surface area contributed by atoms with E-state index >= 15 is 0 Å². The lowest BCUT2D eigenvalue weighted by molar-refractivity contribution is -0.153. The Balaban J connectivity index is 2.44. The van der Waals surface area contributed by atoms with Crippen LogP contribution < -0.4 is 0 Å². The van der Waals surface area contributed by atoms with Crippen molar-refractivity contribution in [1.82, 2.24) is 9.55 Å². The number of carboxylic acid groups (broad SMARTS) is 1. The van der Waals surface area contributed by atoms with Crippen LogP contribution in [0.5, 0.6) is 0 Å². The summed E-state index contributed by atoms with van der Waals surface area (Å²) in [5.41, 5.74) is -0.424. The Morgan fingerprint density at radius 3 is 2.64 bits per heavy atom. The van der Waals surface area contributed by atoms with Gasteiger partial charge in [-0.25, -0.2) is 4.98 Å². The fraction of sp³-hybridized carbons (Fsp3) is 0.444. The van der Waals surface area contributed by atoms with Crippen molar-refractivity contribution in [3.63, 3.8) is 0 Å². The van der Waals surface area contributed by atoms with Crippen LogP contribution >= 0.6 is 0 Å². The third-order valence-corrected chi connectivity index (χ3v) is 2.71. The Morgan fingerprint density at radius 2 is 2.29 bits per heavy atom. The highest BCUT2D eigenvalue weighted by atomic mass is 16.4. The van der Waals surface area contributed by atoms with Crippen LogP contribution in [0, 0.1) is 0 Å². The second kappa shape index (κ2) is 2.67. The summed E-state index contributed by atoms with van der Waals surface area (Å²) in [5.74, 6) is -0.950. The molecule has 1 heterocycles. The van der Waals surface area contributed by atoms with E-state index in [-0.39, 0.29) is 18.6 Å².